The Bertz CT molecular complexity index is 1210. The molecule has 2 aliphatic rings. The van der Waals surface area contributed by atoms with E-state index in [1.165, 1.54) is 24.3 Å². The lowest BCUT2D eigenvalue weighted by molar-refractivity contribution is -0.137. The average molecular weight is 550 g/mol. The van der Waals surface area contributed by atoms with Crippen LogP contribution in [-0.2, 0) is 21.0 Å². The SMILES string of the molecule is NCC1CCC2CCC1N2C(=O)CN(c1cc(C(F)(F)F)ccc1Cl)S(=O)(=O)c1ccc(Cl)cc1. The molecule has 2 aromatic rings. The first-order chi connectivity index (χ1) is 16.4. The number of nitrogens with zero attached hydrogens (tertiary/aromatic N) is 2. The van der Waals surface area contributed by atoms with Gasteiger partial charge in [-0.05, 0) is 80.6 Å². The van der Waals surface area contributed by atoms with Crippen LogP contribution in [0.4, 0.5) is 18.9 Å². The summed E-state index contributed by atoms with van der Waals surface area (Å²) >= 11 is 12.1. The number of anilines is 1. The minimum Gasteiger partial charge on any atom is -0.335 e. The first kappa shape index (κ1) is 26.1. The van der Waals surface area contributed by atoms with Gasteiger partial charge in [-0.15, -0.1) is 0 Å². The minimum atomic E-state index is -4.74. The third-order valence-corrected chi connectivity index (χ3v) is 9.12. The van der Waals surface area contributed by atoms with Crippen LogP contribution < -0.4 is 10.0 Å². The molecule has 0 spiro atoms. The Labute approximate surface area is 211 Å². The van der Waals surface area contributed by atoms with Crippen molar-refractivity contribution in [3.8, 4) is 0 Å². The molecule has 2 bridgehead atoms. The molecule has 2 saturated heterocycles. The number of sulfonamides is 1. The largest absolute Gasteiger partial charge is 0.416 e. The highest BCUT2D eigenvalue weighted by Crippen LogP contribution is 2.41. The van der Waals surface area contributed by atoms with Gasteiger partial charge in [0.25, 0.3) is 10.0 Å². The maximum atomic E-state index is 13.6. The van der Waals surface area contributed by atoms with Crippen LogP contribution >= 0.6 is 23.2 Å². The first-order valence-corrected chi connectivity index (χ1v) is 13.3. The fourth-order valence-electron chi connectivity index (χ4n) is 5.04. The van der Waals surface area contributed by atoms with E-state index in [0.29, 0.717) is 16.9 Å². The quantitative estimate of drug-likeness (QED) is 0.553. The predicted molar refractivity (Wildman–Crippen MR) is 128 cm³/mol. The molecule has 0 aromatic heterocycles. The van der Waals surface area contributed by atoms with E-state index in [2.05, 4.69) is 0 Å². The third-order valence-electron chi connectivity index (χ3n) is 6.77. The number of benzene rings is 2. The molecule has 2 fully saturated rings. The Morgan fingerprint density at radius 1 is 1.06 bits per heavy atom. The summed E-state index contributed by atoms with van der Waals surface area (Å²) in [5, 5.41) is 0.0474. The summed E-state index contributed by atoms with van der Waals surface area (Å²) in [6.45, 7) is -0.302. The van der Waals surface area contributed by atoms with Crippen molar-refractivity contribution < 1.29 is 26.4 Å². The molecule has 2 N–H and O–H groups in total. The van der Waals surface area contributed by atoms with Crippen LogP contribution in [-0.4, -0.2) is 44.4 Å². The normalized spacial score (nSPS) is 22.3. The van der Waals surface area contributed by atoms with Crippen molar-refractivity contribution in [3.63, 3.8) is 0 Å². The van der Waals surface area contributed by atoms with E-state index in [-0.39, 0.29) is 32.9 Å². The van der Waals surface area contributed by atoms with Crippen molar-refractivity contribution in [2.45, 2.75) is 48.8 Å². The Morgan fingerprint density at radius 3 is 2.34 bits per heavy atom. The second-order valence-electron chi connectivity index (χ2n) is 8.80. The molecule has 35 heavy (non-hydrogen) atoms. The monoisotopic (exact) mass is 549 g/mol. The van der Waals surface area contributed by atoms with Crippen molar-refractivity contribution in [3.05, 3.63) is 58.1 Å². The molecule has 190 valence electrons. The number of rotatable bonds is 6. The van der Waals surface area contributed by atoms with Crippen LogP contribution in [0.2, 0.25) is 10.0 Å². The fourth-order valence-corrected chi connectivity index (χ4v) is 6.86. The van der Waals surface area contributed by atoms with Gasteiger partial charge < -0.3 is 10.6 Å². The lowest BCUT2D eigenvalue weighted by Gasteiger charge is -2.40. The number of fused-ring (bicyclic) bond motifs is 2. The van der Waals surface area contributed by atoms with Gasteiger partial charge in [-0.3, -0.25) is 9.10 Å². The van der Waals surface area contributed by atoms with E-state index in [9.17, 15) is 26.4 Å². The van der Waals surface area contributed by atoms with E-state index in [4.69, 9.17) is 28.9 Å². The van der Waals surface area contributed by atoms with Crippen LogP contribution in [0.5, 0.6) is 0 Å². The molecule has 6 nitrogen and oxygen atoms in total. The van der Waals surface area contributed by atoms with Crippen LogP contribution in [0.25, 0.3) is 0 Å². The minimum absolute atomic E-state index is 0.0487. The summed E-state index contributed by atoms with van der Waals surface area (Å²) in [5.74, 6) is -0.405. The van der Waals surface area contributed by atoms with E-state index < -0.39 is 39.9 Å². The summed E-state index contributed by atoms with van der Waals surface area (Å²) in [6.07, 6.45) is -1.58. The fraction of sp³-hybridized carbons (Fsp3) is 0.435. The molecule has 3 unspecified atom stereocenters. The second-order valence-corrected chi connectivity index (χ2v) is 11.5. The molecule has 12 heteroatoms. The highest BCUT2D eigenvalue weighted by atomic mass is 35.5. The Balaban J connectivity index is 1.77. The van der Waals surface area contributed by atoms with Crippen LogP contribution in [0.1, 0.15) is 31.2 Å². The molecule has 4 rings (SSSR count). The van der Waals surface area contributed by atoms with Gasteiger partial charge in [0.15, 0.2) is 0 Å². The van der Waals surface area contributed by atoms with Gasteiger partial charge in [-0.2, -0.15) is 13.2 Å². The summed E-state index contributed by atoms with van der Waals surface area (Å²) < 4.78 is 68.3. The van der Waals surface area contributed by atoms with Crippen LogP contribution in [0.15, 0.2) is 47.4 Å². The summed E-state index contributed by atoms with van der Waals surface area (Å²) in [7, 11) is -4.47. The smallest absolute Gasteiger partial charge is 0.335 e. The van der Waals surface area contributed by atoms with Crippen molar-refractivity contribution in [1.82, 2.24) is 4.90 Å². The second kappa shape index (κ2) is 9.80. The molecule has 3 atom stereocenters. The maximum Gasteiger partial charge on any atom is 0.416 e. The molecule has 2 aliphatic heterocycles. The molecule has 2 heterocycles. The third kappa shape index (κ3) is 5.12. The Morgan fingerprint density at radius 2 is 1.71 bits per heavy atom. The van der Waals surface area contributed by atoms with E-state index >= 15 is 0 Å². The average Bonchev–Trinajstić information content (AvgIpc) is 3.11. The van der Waals surface area contributed by atoms with Gasteiger partial charge in [-0.25, -0.2) is 8.42 Å². The lowest BCUT2D eigenvalue weighted by Crippen LogP contribution is -2.53. The zero-order chi connectivity index (χ0) is 25.5. The van der Waals surface area contributed by atoms with E-state index in [0.717, 1.165) is 37.8 Å². The standard InChI is InChI=1S/C23H24Cl2F3N3O3S/c24-16-3-7-18(8-4-16)35(33,34)30(21-11-15(23(26,27)28)2-9-19(21)25)13-22(32)31-17-5-1-14(12-29)20(31)10-6-17/h2-4,7-9,11,14,17,20H,1,5-6,10,12-13,29H2. The lowest BCUT2D eigenvalue weighted by atomic mass is 9.90. The molecule has 0 radical (unpaired) electrons. The Kier molecular flexibility index (Phi) is 7.30. The zero-order valence-electron chi connectivity index (χ0n) is 18.5. The number of carbonyl (C=O) groups is 1. The van der Waals surface area contributed by atoms with Gasteiger partial charge in [0.2, 0.25) is 5.91 Å². The zero-order valence-corrected chi connectivity index (χ0v) is 20.8. The van der Waals surface area contributed by atoms with E-state index in [1.807, 2.05) is 0 Å². The molecule has 0 aliphatic carbocycles. The Hall–Kier alpha value is -2.01. The van der Waals surface area contributed by atoms with Crippen LogP contribution in [0.3, 0.4) is 0 Å². The summed E-state index contributed by atoms with van der Waals surface area (Å²) in [5.41, 5.74) is 4.39. The number of alkyl halides is 3. The molecule has 1 amide bonds. The number of hydrogen-bond acceptors (Lipinski definition) is 4. The number of hydrogen-bond donors (Lipinski definition) is 1. The molecule has 2 aromatic carbocycles. The van der Waals surface area contributed by atoms with Crippen molar-refractivity contribution in [2.24, 2.45) is 11.7 Å². The number of halogens is 5. The van der Waals surface area contributed by atoms with Gasteiger partial charge in [0.05, 0.1) is 21.2 Å². The van der Waals surface area contributed by atoms with Gasteiger partial charge in [0, 0.05) is 17.1 Å². The van der Waals surface area contributed by atoms with Crippen molar-refractivity contribution in [1.29, 1.82) is 0 Å². The highest BCUT2D eigenvalue weighted by Gasteiger charge is 2.45. The van der Waals surface area contributed by atoms with Crippen LogP contribution in [0, 0.1) is 5.92 Å². The summed E-state index contributed by atoms with van der Waals surface area (Å²) in [4.78, 5) is 15.0. The molecular formula is C23H24Cl2F3N3O3S. The predicted octanol–water partition coefficient (Wildman–Crippen LogP) is 4.94. The maximum absolute atomic E-state index is 13.6. The number of amides is 1. The van der Waals surface area contributed by atoms with E-state index in [1.54, 1.807) is 4.90 Å². The van der Waals surface area contributed by atoms with Gasteiger partial charge >= 0.3 is 6.18 Å². The van der Waals surface area contributed by atoms with Crippen molar-refractivity contribution in [2.75, 3.05) is 17.4 Å². The number of nitrogens with two attached hydrogens (primary N) is 1. The number of piperidine rings is 1. The molecule has 0 saturated carbocycles. The van der Waals surface area contributed by atoms with Crippen molar-refractivity contribution >= 4 is 44.8 Å². The first-order valence-electron chi connectivity index (χ1n) is 11.1. The van der Waals surface area contributed by atoms with Gasteiger partial charge in [0.1, 0.15) is 6.54 Å². The van der Waals surface area contributed by atoms with Gasteiger partial charge in [-0.1, -0.05) is 23.2 Å². The molecular weight excluding hydrogens is 526 g/mol. The topological polar surface area (TPSA) is 83.7 Å². The highest BCUT2D eigenvalue weighted by molar-refractivity contribution is 7.92. The summed E-state index contributed by atoms with van der Waals surface area (Å²) in [6, 6.07) is 7.36. The number of carbonyl (C=O) groups excluding carboxylic acids is 1.